The van der Waals surface area contributed by atoms with Crippen LogP contribution < -0.4 is 0 Å². The fourth-order valence-electron chi connectivity index (χ4n) is 5.24. The summed E-state index contributed by atoms with van der Waals surface area (Å²) in [5, 5.41) is 0. The van der Waals surface area contributed by atoms with Gasteiger partial charge in [0, 0.05) is 0 Å². The fraction of sp³-hybridized carbons (Fsp3) is 0.485. The summed E-state index contributed by atoms with van der Waals surface area (Å²) < 4.78 is 17.8. The Morgan fingerprint density at radius 3 is 1.71 bits per heavy atom. The maximum atomic E-state index is 14.1. The van der Waals surface area contributed by atoms with Crippen molar-refractivity contribution >= 4 is 35.9 Å². The molecule has 0 bridgehead atoms. The van der Waals surface area contributed by atoms with E-state index < -0.39 is 24.0 Å². The average Bonchev–Trinajstić information content (AvgIpc) is 2.92. The van der Waals surface area contributed by atoms with Gasteiger partial charge in [0.1, 0.15) is 0 Å². The van der Waals surface area contributed by atoms with E-state index in [-0.39, 0.29) is 6.09 Å². The Balaban J connectivity index is 2.32. The summed E-state index contributed by atoms with van der Waals surface area (Å²) in [6.07, 6.45) is 8.62. The van der Waals surface area contributed by atoms with Gasteiger partial charge in [-0.1, -0.05) is 0 Å². The van der Waals surface area contributed by atoms with Crippen LogP contribution in [0, 0.1) is 0 Å². The van der Waals surface area contributed by atoms with Crippen LogP contribution in [-0.4, -0.2) is 35.0 Å². The zero-order valence-corrected chi connectivity index (χ0v) is 27.2. The number of amides is 1. The Labute approximate surface area is 235 Å². The first-order chi connectivity index (χ1) is 18.3. The molecule has 0 atom stereocenters. The Bertz CT molecular complexity index is 1060. The first-order valence-electron chi connectivity index (χ1n) is 14.5. The van der Waals surface area contributed by atoms with E-state index in [1.807, 2.05) is 68.3 Å². The van der Waals surface area contributed by atoms with Gasteiger partial charge in [-0.2, -0.15) is 0 Å². The molecule has 2 aromatic carbocycles. The van der Waals surface area contributed by atoms with Gasteiger partial charge in [0.25, 0.3) is 0 Å². The Hall–Kier alpha value is -2.21. The molecule has 0 unspecified atom stereocenters. The second-order valence-electron chi connectivity index (χ2n) is 11.4. The van der Waals surface area contributed by atoms with Crippen LogP contribution in [0.2, 0.25) is 13.3 Å². The predicted octanol–water partition coefficient (Wildman–Crippen LogP) is 10.0. The summed E-state index contributed by atoms with van der Waals surface area (Å²) in [4.78, 5) is 15.9. The maximum absolute atomic E-state index is 14.1. The molecule has 5 heteroatoms. The van der Waals surface area contributed by atoms with Gasteiger partial charge in [-0.05, 0) is 0 Å². The molecule has 0 radical (unpaired) electrons. The molecule has 1 amide bonds. The molecule has 1 aliphatic heterocycles. The van der Waals surface area contributed by atoms with Crippen LogP contribution in [0.4, 0.5) is 4.79 Å². The van der Waals surface area contributed by atoms with Crippen LogP contribution in [0.3, 0.4) is 0 Å². The van der Waals surface area contributed by atoms with Gasteiger partial charge in [-0.25, -0.2) is 0 Å². The number of ether oxygens (including phenoxy) is 2. The number of hydrogen-bond acceptors (Lipinski definition) is 3. The summed E-state index contributed by atoms with van der Waals surface area (Å²) in [6.45, 7) is 12.6. The molecule has 1 heterocycles. The Kier molecular flexibility index (Phi) is 11.4. The molecule has 0 aliphatic carbocycles. The van der Waals surface area contributed by atoms with E-state index in [4.69, 9.17) is 9.47 Å². The number of rotatable bonds is 12. The number of benzene rings is 2. The molecule has 2 aromatic rings. The Morgan fingerprint density at radius 1 is 0.789 bits per heavy atom. The number of nitrogens with zero attached hydrogens (tertiary/aromatic N) is 1. The van der Waals surface area contributed by atoms with Crippen molar-refractivity contribution in [3.63, 3.8) is 0 Å². The third kappa shape index (κ3) is 7.68. The molecule has 0 aromatic heterocycles. The third-order valence-electron chi connectivity index (χ3n) is 7.17. The summed E-state index contributed by atoms with van der Waals surface area (Å²) in [5.41, 5.74) is 2.96. The van der Waals surface area contributed by atoms with Crippen LogP contribution in [0.5, 0.6) is 0 Å². The van der Waals surface area contributed by atoms with Crippen LogP contribution in [0.15, 0.2) is 70.7 Å². The molecule has 206 valence electrons. The van der Waals surface area contributed by atoms with Crippen molar-refractivity contribution in [1.29, 1.82) is 0 Å². The van der Waals surface area contributed by atoms with Crippen molar-refractivity contribution in [2.45, 2.75) is 99.0 Å². The fourth-order valence-corrected chi connectivity index (χ4v) is 21.2. The van der Waals surface area contributed by atoms with E-state index in [2.05, 4.69) is 45.0 Å². The first-order valence-corrected chi connectivity index (χ1v) is 22.0. The van der Waals surface area contributed by atoms with Crippen molar-refractivity contribution in [2.24, 2.45) is 0 Å². The van der Waals surface area contributed by atoms with Gasteiger partial charge in [0.2, 0.25) is 0 Å². The molecular weight excluding hydrogens is 577 g/mol. The molecule has 1 aliphatic rings. The molecule has 0 N–H and O–H groups in total. The summed E-state index contributed by atoms with van der Waals surface area (Å²) in [7, 11) is 0. The minimum atomic E-state index is -3.12. The number of unbranched alkanes of at least 4 members (excludes halogenated alkanes) is 3. The van der Waals surface area contributed by atoms with Gasteiger partial charge in [-0.3, -0.25) is 0 Å². The monoisotopic (exact) mass is 625 g/mol. The quantitative estimate of drug-likeness (QED) is 0.221. The summed E-state index contributed by atoms with van der Waals surface area (Å²) >= 11 is -3.12. The second kappa shape index (κ2) is 14.3. The van der Waals surface area contributed by atoms with Crippen LogP contribution >= 0.6 is 0 Å². The van der Waals surface area contributed by atoms with Crippen LogP contribution in [-0.2, 0) is 9.47 Å². The average molecular weight is 624 g/mol. The molecular formula is C33H47NO3Sn. The van der Waals surface area contributed by atoms with Crippen LogP contribution in [0.25, 0.3) is 11.4 Å². The molecule has 4 nitrogen and oxygen atoms in total. The number of carbonyl (C=O) groups excluding carboxylic acids is 1. The topological polar surface area (TPSA) is 38.8 Å². The van der Waals surface area contributed by atoms with E-state index in [1.165, 1.54) is 51.8 Å². The van der Waals surface area contributed by atoms with E-state index in [0.717, 1.165) is 26.3 Å². The van der Waals surface area contributed by atoms with E-state index in [0.29, 0.717) is 0 Å². The van der Waals surface area contributed by atoms with E-state index >= 15 is 0 Å². The second-order valence-corrected chi connectivity index (χ2v) is 24.3. The number of carbonyl (C=O) groups is 1. The molecule has 0 fully saturated rings. The zero-order chi connectivity index (χ0) is 27.6. The van der Waals surface area contributed by atoms with Crippen molar-refractivity contribution in [3.05, 3.63) is 81.8 Å². The van der Waals surface area contributed by atoms with Gasteiger partial charge >= 0.3 is 236 Å². The van der Waals surface area contributed by atoms with Crippen molar-refractivity contribution in [2.75, 3.05) is 0 Å². The molecule has 0 saturated carbocycles. The van der Waals surface area contributed by atoms with Gasteiger partial charge < -0.3 is 0 Å². The van der Waals surface area contributed by atoms with Crippen LogP contribution in [0.1, 0.15) is 91.2 Å². The van der Waals surface area contributed by atoms with Gasteiger partial charge in [0.15, 0.2) is 0 Å². The number of hydrogen-bond donors (Lipinski definition) is 0. The van der Waals surface area contributed by atoms with E-state index in [1.54, 1.807) is 0 Å². The standard InChI is InChI=1S/C21H20NO3.3C4H9.Sn/c1-21(2,3)25-20(23)22-18(16-10-6-4-7-11-16)14-24-15-19(22)17-12-8-5-9-13-17;3*1-3-4-2;/h4-14H,1-3H3;3*1,3-4H2,2H3;. The predicted molar refractivity (Wildman–Crippen MR) is 162 cm³/mol. The SMILES string of the molecule is CCC[CH2][Sn]([CH2]CCC)([CH2]CCC)[C]1=C(c2ccccc2)N(C(=O)OC(C)(C)C)C(c2ccccc2)=CO1. The van der Waals surface area contributed by atoms with Crippen molar-refractivity contribution in [3.8, 4) is 0 Å². The summed E-state index contributed by atoms with van der Waals surface area (Å²) in [5.74, 6) is 0. The Morgan fingerprint density at radius 2 is 1.26 bits per heavy atom. The first kappa shape index (κ1) is 30.3. The van der Waals surface area contributed by atoms with Crippen molar-refractivity contribution in [1.82, 2.24) is 4.90 Å². The molecule has 0 saturated heterocycles. The zero-order valence-electron chi connectivity index (χ0n) is 24.4. The molecule has 38 heavy (non-hydrogen) atoms. The van der Waals surface area contributed by atoms with Crippen molar-refractivity contribution < 1.29 is 14.3 Å². The van der Waals surface area contributed by atoms with Gasteiger partial charge in [0.05, 0.1) is 0 Å². The molecule has 3 rings (SSSR count). The van der Waals surface area contributed by atoms with E-state index in [9.17, 15) is 4.79 Å². The third-order valence-corrected chi connectivity index (χ3v) is 22.2. The van der Waals surface area contributed by atoms with Gasteiger partial charge in [-0.15, -0.1) is 0 Å². The summed E-state index contributed by atoms with van der Waals surface area (Å²) in [6, 6.07) is 20.4. The minimum absolute atomic E-state index is 0.353. The molecule has 0 spiro atoms. The normalized spacial score (nSPS) is 14.3.